The molecule has 1 aliphatic heterocycles. The van der Waals surface area contributed by atoms with Crippen LogP contribution in [0.1, 0.15) is 53.4 Å². The number of rotatable bonds is 10. The van der Waals surface area contributed by atoms with E-state index >= 15 is 0 Å². The number of pyridine rings is 1. The summed E-state index contributed by atoms with van der Waals surface area (Å²) in [6.45, 7) is 3.14. The normalized spacial score (nSPS) is 14.1. The van der Waals surface area contributed by atoms with Gasteiger partial charge in [-0.05, 0) is 48.6 Å². The molecule has 0 bridgehead atoms. The average molecular weight is 517 g/mol. The van der Waals surface area contributed by atoms with E-state index in [2.05, 4.69) is 4.98 Å². The lowest BCUT2D eigenvalue weighted by atomic mass is 10.0. The number of sulfonamides is 1. The maximum Gasteiger partial charge on any atom is 0.252 e. The molecule has 36 heavy (non-hydrogen) atoms. The van der Waals surface area contributed by atoms with Crippen LogP contribution < -0.4 is 10.0 Å². The second-order valence-corrected chi connectivity index (χ2v) is 10.8. The summed E-state index contributed by atoms with van der Waals surface area (Å²) in [5.74, 6) is -0.504. The van der Waals surface area contributed by atoms with Crippen LogP contribution in [0.5, 0.6) is 0 Å². The quantitative estimate of drug-likeness (QED) is 0.441. The van der Waals surface area contributed by atoms with E-state index in [9.17, 15) is 22.4 Å². The van der Waals surface area contributed by atoms with Crippen LogP contribution in [0.3, 0.4) is 0 Å². The van der Waals surface area contributed by atoms with Gasteiger partial charge in [-0.3, -0.25) is 13.9 Å². The van der Waals surface area contributed by atoms with Crippen molar-refractivity contribution in [1.29, 1.82) is 0 Å². The lowest BCUT2D eigenvalue weighted by Gasteiger charge is -2.24. The van der Waals surface area contributed by atoms with Gasteiger partial charge in [-0.25, -0.2) is 12.8 Å². The van der Waals surface area contributed by atoms with Gasteiger partial charge in [0.25, 0.3) is 5.91 Å². The number of nitrogens with zero attached hydrogens (tertiary/aromatic N) is 3. The van der Waals surface area contributed by atoms with Gasteiger partial charge in [-0.1, -0.05) is 19.1 Å². The van der Waals surface area contributed by atoms with Gasteiger partial charge in [0.05, 0.1) is 17.2 Å². The number of likely N-dealkylation sites (tertiary alicyclic amines) is 1. The first-order chi connectivity index (χ1) is 17.1. The molecule has 0 unspecified atom stereocenters. The van der Waals surface area contributed by atoms with Crippen molar-refractivity contribution in [3.05, 3.63) is 58.6 Å². The molecule has 11 heteroatoms. The molecule has 3 aromatic rings. The van der Waals surface area contributed by atoms with Gasteiger partial charge in [0.1, 0.15) is 17.4 Å². The molecule has 3 heterocycles. The molecule has 1 fully saturated rings. The maximum atomic E-state index is 13.3. The highest BCUT2D eigenvalue weighted by molar-refractivity contribution is 7.92. The predicted octanol–water partition coefficient (Wildman–Crippen LogP) is 3.00. The van der Waals surface area contributed by atoms with Gasteiger partial charge in [-0.15, -0.1) is 0 Å². The zero-order valence-electron chi connectivity index (χ0n) is 20.3. The van der Waals surface area contributed by atoms with E-state index in [4.69, 9.17) is 10.2 Å². The van der Waals surface area contributed by atoms with Gasteiger partial charge in [0.15, 0.2) is 0 Å². The van der Waals surface area contributed by atoms with Crippen molar-refractivity contribution in [2.24, 2.45) is 5.73 Å². The van der Waals surface area contributed by atoms with Crippen molar-refractivity contribution in [2.45, 2.75) is 39.0 Å². The molecule has 192 valence electrons. The van der Waals surface area contributed by atoms with Crippen LogP contribution in [0.4, 0.5) is 10.2 Å². The van der Waals surface area contributed by atoms with E-state index in [-0.39, 0.29) is 47.5 Å². The molecule has 9 nitrogen and oxygen atoms in total. The van der Waals surface area contributed by atoms with Crippen LogP contribution in [0.15, 0.2) is 34.7 Å². The third kappa shape index (κ3) is 5.35. The number of benzene rings is 1. The molecule has 1 saturated heterocycles. The fraction of sp³-hybridized carbons (Fsp3) is 0.400. The van der Waals surface area contributed by atoms with Crippen molar-refractivity contribution in [3.63, 3.8) is 0 Å². The number of furan rings is 1. The molecular weight excluding hydrogens is 487 g/mol. The number of amides is 2. The molecule has 2 N–H and O–H groups in total. The number of hydrogen-bond donors (Lipinski definition) is 1. The van der Waals surface area contributed by atoms with Gasteiger partial charge in [-0.2, -0.15) is 4.98 Å². The van der Waals surface area contributed by atoms with Gasteiger partial charge in [0.2, 0.25) is 21.6 Å². The van der Waals surface area contributed by atoms with Crippen molar-refractivity contribution in [1.82, 2.24) is 9.88 Å². The maximum absolute atomic E-state index is 13.3. The van der Waals surface area contributed by atoms with Crippen LogP contribution in [-0.4, -0.2) is 56.0 Å². The monoisotopic (exact) mass is 516 g/mol. The number of halogens is 1. The van der Waals surface area contributed by atoms with Crippen molar-refractivity contribution >= 4 is 38.8 Å². The number of aryl methyl sites for hydroxylation is 1. The summed E-state index contributed by atoms with van der Waals surface area (Å²) in [5.41, 5.74) is 7.26. The highest BCUT2D eigenvalue weighted by Crippen LogP contribution is 2.32. The first-order valence-electron chi connectivity index (χ1n) is 11.8. The Morgan fingerprint density at radius 3 is 2.58 bits per heavy atom. The molecule has 2 amide bonds. The summed E-state index contributed by atoms with van der Waals surface area (Å²) in [6.07, 6.45) is 3.53. The molecule has 2 aromatic heterocycles. The minimum atomic E-state index is -3.70. The minimum Gasteiger partial charge on any atom is -0.441 e. The summed E-state index contributed by atoms with van der Waals surface area (Å²) < 4.78 is 45.9. The van der Waals surface area contributed by atoms with Crippen LogP contribution in [0, 0.1) is 5.82 Å². The number of nitrogens with two attached hydrogens (primary N) is 1. The van der Waals surface area contributed by atoms with Gasteiger partial charge >= 0.3 is 0 Å². The van der Waals surface area contributed by atoms with Crippen LogP contribution in [0.2, 0.25) is 0 Å². The van der Waals surface area contributed by atoms with E-state index in [1.807, 2.05) is 6.92 Å². The molecule has 0 atom stereocenters. The molecule has 0 spiro atoms. The Labute approximate surface area is 209 Å². The second-order valence-electron chi connectivity index (χ2n) is 8.92. The van der Waals surface area contributed by atoms with Crippen molar-refractivity contribution < 1.29 is 26.8 Å². The lowest BCUT2D eigenvalue weighted by Crippen LogP contribution is -2.35. The lowest BCUT2D eigenvalue weighted by molar-refractivity contribution is -0.127. The van der Waals surface area contributed by atoms with E-state index < -0.39 is 15.9 Å². The number of primary amides is 1. The summed E-state index contributed by atoms with van der Waals surface area (Å²) in [4.78, 5) is 30.5. The highest BCUT2D eigenvalue weighted by Gasteiger charge is 2.27. The fourth-order valence-electron chi connectivity index (χ4n) is 4.54. The Kier molecular flexibility index (Phi) is 7.30. The smallest absolute Gasteiger partial charge is 0.252 e. The first kappa shape index (κ1) is 25.6. The Hall–Kier alpha value is -3.47. The molecular formula is C25H29FN4O5S. The van der Waals surface area contributed by atoms with Gasteiger partial charge in [0, 0.05) is 32.5 Å². The Morgan fingerprint density at radius 2 is 2.00 bits per heavy atom. The number of anilines is 1. The number of carbonyl (C=O) groups is 2. The number of hydrogen-bond acceptors (Lipinski definition) is 6. The summed E-state index contributed by atoms with van der Waals surface area (Å²) in [5, 5.41) is 0.399. The average Bonchev–Trinajstić information content (AvgIpc) is 3.38. The third-order valence-electron chi connectivity index (χ3n) is 6.31. The number of fused-ring (bicyclic) bond motifs is 1. The standard InChI is InChI=1S/C25H29FN4O5S/c1-3-17-15-19-22(23(27)32)20(14-16-7-9-18(26)10-8-16)35-25(19)28-24(17)30(36(2,33)34)13-5-12-29-11-4-6-21(29)31/h7-10,15H,3-6,11-14H2,1-2H3,(H2,27,32). The molecule has 1 aliphatic rings. The minimum absolute atomic E-state index is 0.0814. The first-order valence-corrected chi connectivity index (χ1v) is 13.7. The van der Waals surface area contributed by atoms with E-state index in [1.54, 1.807) is 23.1 Å². The van der Waals surface area contributed by atoms with Gasteiger partial charge < -0.3 is 15.1 Å². The van der Waals surface area contributed by atoms with Crippen LogP contribution in [0.25, 0.3) is 11.1 Å². The van der Waals surface area contributed by atoms with E-state index in [0.29, 0.717) is 48.9 Å². The predicted molar refractivity (Wildman–Crippen MR) is 134 cm³/mol. The Bertz CT molecular complexity index is 1400. The van der Waals surface area contributed by atoms with Crippen molar-refractivity contribution in [2.75, 3.05) is 30.2 Å². The summed E-state index contributed by atoms with van der Waals surface area (Å²) in [6, 6.07) is 7.48. The highest BCUT2D eigenvalue weighted by atomic mass is 32.2. The zero-order valence-corrected chi connectivity index (χ0v) is 21.1. The van der Waals surface area contributed by atoms with Crippen LogP contribution >= 0.6 is 0 Å². The SMILES string of the molecule is CCc1cc2c(C(N)=O)c(Cc3ccc(F)cc3)oc2nc1N(CCCN1CCCC1=O)S(C)(=O)=O. The Morgan fingerprint density at radius 1 is 1.28 bits per heavy atom. The molecule has 4 rings (SSSR count). The topological polar surface area (TPSA) is 127 Å². The zero-order chi connectivity index (χ0) is 26.0. The van der Waals surface area contributed by atoms with E-state index in [1.165, 1.54) is 16.4 Å². The summed E-state index contributed by atoms with van der Waals surface area (Å²) in [7, 11) is -3.70. The largest absolute Gasteiger partial charge is 0.441 e. The molecule has 0 radical (unpaired) electrons. The van der Waals surface area contributed by atoms with E-state index in [0.717, 1.165) is 12.7 Å². The van der Waals surface area contributed by atoms with Crippen molar-refractivity contribution in [3.8, 4) is 0 Å². The molecule has 1 aromatic carbocycles. The number of carbonyl (C=O) groups excluding carboxylic acids is 2. The second kappa shape index (κ2) is 10.3. The summed E-state index contributed by atoms with van der Waals surface area (Å²) >= 11 is 0. The molecule has 0 saturated carbocycles. The Balaban J connectivity index is 1.71. The van der Waals surface area contributed by atoms with Crippen LogP contribution in [-0.2, 0) is 27.7 Å². The number of aromatic nitrogens is 1. The fourth-order valence-corrected chi connectivity index (χ4v) is 5.47. The molecule has 0 aliphatic carbocycles. The third-order valence-corrected chi connectivity index (χ3v) is 7.47.